The van der Waals surface area contributed by atoms with Crippen LogP contribution in [0.25, 0.3) is 0 Å². The molecule has 196 valence electrons. The lowest BCUT2D eigenvalue weighted by Crippen LogP contribution is -2.68. The SMILES string of the molecule is CC1CCC2(C(=O)O)CCC3(C)C(=CCC4C5(C)CC(O)C(=O)C(C)(C)C5CCC43C)C2C1(C)O. The van der Waals surface area contributed by atoms with Crippen LogP contribution < -0.4 is 0 Å². The molecule has 0 aromatic heterocycles. The molecular weight excluding hydrogens is 440 g/mol. The zero-order valence-corrected chi connectivity index (χ0v) is 22.8. The van der Waals surface area contributed by atoms with Gasteiger partial charge in [-0.25, -0.2) is 0 Å². The number of allylic oxidation sites excluding steroid dienone is 1. The van der Waals surface area contributed by atoms with E-state index >= 15 is 0 Å². The minimum Gasteiger partial charge on any atom is -0.481 e. The fourth-order valence-corrected chi connectivity index (χ4v) is 10.8. The molecule has 10 atom stereocenters. The van der Waals surface area contributed by atoms with Crippen LogP contribution in [-0.4, -0.2) is 38.8 Å². The number of hydrogen-bond acceptors (Lipinski definition) is 4. The number of aliphatic hydroxyl groups is 2. The predicted octanol–water partition coefficient (Wildman–Crippen LogP) is 5.38. The van der Waals surface area contributed by atoms with Gasteiger partial charge >= 0.3 is 5.97 Å². The number of aliphatic hydroxyl groups excluding tert-OH is 1. The highest BCUT2D eigenvalue weighted by Gasteiger charge is 2.71. The molecule has 0 aromatic rings. The summed E-state index contributed by atoms with van der Waals surface area (Å²) in [6, 6.07) is 0. The van der Waals surface area contributed by atoms with Gasteiger partial charge in [0.2, 0.25) is 0 Å². The van der Waals surface area contributed by atoms with Gasteiger partial charge in [0.25, 0.3) is 0 Å². The lowest BCUT2D eigenvalue weighted by Gasteiger charge is -2.71. The van der Waals surface area contributed by atoms with E-state index in [1.165, 1.54) is 5.57 Å². The Balaban J connectivity index is 1.65. The van der Waals surface area contributed by atoms with E-state index in [4.69, 9.17) is 0 Å². The first-order valence-electron chi connectivity index (χ1n) is 13.9. The number of ketones is 1. The highest BCUT2D eigenvalue weighted by atomic mass is 16.4. The van der Waals surface area contributed by atoms with E-state index in [0.29, 0.717) is 25.2 Å². The van der Waals surface area contributed by atoms with Gasteiger partial charge in [0.15, 0.2) is 5.78 Å². The van der Waals surface area contributed by atoms with E-state index in [0.717, 1.165) is 32.1 Å². The van der Waals surface area contributed by atoms with E-state index in [1.54, 1.807) is 0 Å². The molecule has 0 aliphatic heterocycles. The average molecular weight is 487 g/mol. The van der Waals surface area contributed by atoms with Gasteiger partial charge in [-0.1, -0.05) is 53.2 Å². The summed E-state index contributed by atoms with van der Waals surface area (Å²) in [5, 5.41) is 33.3. The Morgan fingerprint density at radius 2 is 1.63 bits per heavy atom. The van der Waals surface area contributed by atoms with E-state index in [1.807, 2.05) is 20.8 Å². The highest BCUT2D eigenvalue weighted by molar-refractivity contribution is 5.89. The van der Waals surface area contributed by atoms with Crippen molar-refractivity contribution >= 4 is 11.8 Å². The van der Waals surface area contributed by atoms with Crippen LogP contribution in [0.15, 0.2) is 11.6 Å². The second kappa shape index (κ2) is 7.22. The van der Waals surface area contributed by atoms with E-state index in [2.05, 4.69) is 33.8 Å². The van der Waals surface area contributed by atoms with Crippen molar-refractivity contribution < 1.29 is 24.9 Å². The first kappa shape index (κ1) is 25.4. The van der Waals surface area contributed by atoms with E-state index in [-0.39, 0.29) is 39.8 Å². The Bertz CT molecular complexity index is 995. The maximum absolute atomic E-state index is 13.0. The standard InChI is InChI=1S/C30H46O5/c1-17-10-13-30(24(33)34)15-14-27(5)18(22(30)29(17,7)35)8-9-21-26(4)16-19(31)23(32)25(2,3)20(26)11-12-28(21,27)6/h8,17,19-22,31,35H,9-16H2,1-7H3,(H,33,34). The normalized spacial score (nSPS) is 55.1. The van der Waals surface area contributed by atoms with Crippen molar-refractivity contribution in [2.45, 2.75) is 112 Å². The van der Waals surface area contributed by atoms with E-state index < -0.39 is 28.5 Å². The number of rotatable bonds is 1. The summed E-state index contributed by atoms with van der Waals surface area (Å²) >= 11 is 0. The molecule has 4 fully saturated rings. The molecule has 0 saturated heterocycles. The topological polar surface area (TPSA) is 94.8 Å². The Kier molecular flexibility index (Phi) is 5.25. The molecule has 0 radical (unpaired) electrons. The quantitative estimate of drug-likeness (QED) is 0.432. The number of Topliss-reactive ketones (excluding diaryl/α,β-unsaturated/α-hetero) is 1. The van der Waals surface area contributed by atoms with Crippen LogP contribution in [0, 0.1) is 50.7 Å². The van der Waals surface area contributed by atoms with Gasteiger partial charge in [-0.3, -0.25) is 9.59 Å². The fraction of sp³-hybridized carbons (Fsp3) is 0.867. The molecule has 5 aliphatic rings. The van der Waals surface area contributed by atoms with Crippen LogP contribution in [0.3, 0.4) is 0 Å². The number of carboxylic acid groups (broad SMARTS) is 1. The Morgan fingerprint density at radius 1 is 0.971 bits per heavy atom. The average Bonchev–Trinajstić information content (AvgIpc) is 2.75. The molecule has 0 aromatic carbocycles. The zero-order chi connectivity index (χ0) is 26.0. The van der Waals surface area contributed by atoms with Crippen molar-refractivity contribution in [2.75, 3.05) is 0 Å². The van der Waals surface area contributed by atoms with E-state index in [9.17, 15) is 24.9 Å². The highest BCUT2D eigenvalue weighted by Crippen LogP contribution is 2.75. The Morgan fingerprint density at radius 3 is 2.26 bits per heavy atom. The summed E-state index contributed by atoms with van der Waals surface area (Å²) in [6.45, 7) is 15.0. The van der Waals surface area contributed by atoms with Crippen molar-refractivity contribution in [1.29, 1.82) is 0 Å². The molecule has 5 nitrogen and oxygen atoms in total. The summed E-state index contributed by atoms with van der Waals surface area (Å²) in [5.41, 5.74) is -1.81. The van der Waals surface area contributed by atoms with Gasteiger partial charge in [0.05, 0.1) is 11.0 Å². The van der Waals surface area contributed by atoms with Crippen LogP contribution in [0.4, 0.5) is 0 Å². The molecule has 0 spiro atoms. The number of carbonyl (C=O) groups excluding carboxylic acids is 1. The molecule has 0 heterocycles. The first-order valence-corrected chi connectivity index (χ1v) is 13.9. The number of carboxylic acids is 1. The van der Waals surface area contributed by atoms with Crippen LogP contribution in [0.2, 0.25) is 0 Å². The number of fused-ring (bicyclic) bond motifs is 7. The third-order valence-electron chi connectivity index (χ3n) is 13.2. The van der Waals surface area contributed by atoms with Gasteiger partial charge in [-0.05, 0) is 92.3 Å². The van der Waals surface area contributed by atoms with Crippen LogP contribution in [0.1, 0.15) is 99.8 Å². The lowest BCUT2D eigenvalue weighted by molar-refractivity contribution is -0.213. The second-order valence-electron chi connectivity index (χ2n) is 14.7. The number of hydrogen-bond donors (Lipinski definition) is 3. The smallest absolute Gasteiger partial charge is 0.310 e. The van der Waals surface area contributed by atoms with Crippen molar-refractivity contribution in [3.8, 4) is 0 Å². The molecule has 5 heteroatoms. The lowest BCUT2D eigenvalue weighted by atomic mass is 9.33. The minimum absolute atomic E-state index is 0.0158. The third-order valence-corrected chi connectivity index (χ3v) is 13.2. The molecule has 5 rings (SSSR count). The van der Waals surface area contributed by atoms with Gasteiger partial charge in [0, 0.05) is 11.3 Å². The van der Waals surface area contributed by atoms with Gasteiger partial charge in [-0.15, -0.1) is 0 Å². The summed E-state index contributed by atoms with van der Waals surface area (Å²) < 4.78 is 0. The summed E-state index contributed by atoms with van der Waals surface area (Å²) in [4.78, 5) is 25.8. The molecule has 3 N–H and O–H groups in total. The van der Waals surface area contributed by atoms with Crippen molar-refractivity contribution in [3.63, 3.8) is 0 Å². The summed E-state index contributed by atoms with van der Waals surface area (Å²) in [7, 11) is 0. The minimum atomic E-state index is -1.07. The molecule has 0 amide bonds. The second-order valence-corrected chi connectivity index (χ2v) is 14.7. The van der Waals surface area contributed by atoms with Crippen molar-refractivity contribution in [3.05, 3.63) is 11.6 Å². The fourth-order valence-electron chi connectivity index (χ4n) is 10.8. The van der Waals surface area contributed by atoms with Crippen LogP contribution in [0.5, 0.6) is 0 Å². The van der Waals surface area contributed by atoms with Crippen molar-refractivity contribution in [1.82, 2.24) is 0 Å². The Labute approximate surface area is 210 Å². The van der Waals surface area contributed by atoms with Crippen LogP contribution >= 0.6 is 0 Å². The predicted molar refractivity (Wildman–Crippen MR) is 134 cm³/mol. The molecule has 5 aliphatic carbocycles. The number of carbonyl (C=O) groups is 2. The monoisotopic (exact) mass is 486 g/mol. The first-order chi connectivity index (χ1) is 16.0. The van der Waals surface area contributed by atoms with Crippen LogP contribution in [-0.2, 0) is 9.59 Å². The van der Waals surface area contributed by atoms with Gasteiger partial charge < -0.3 is 15.3 Å². The Hall–Kier alpha value is -1.20. The number of aliphatic carboxylic acids is 1. The molecule has 10 unspecified atom stereocenters. The van der Waals surface area contributed by atoms with Gasteiger partial charge in [0.1, 0.15) is 6.10 Å². The maximum atomic E-state index is 13.0. The summed E-state index contributed by atoms with van der Waals surface area (Å²) in [5.74, 6) is -0.584. The zero-order valence-electron chi connectivity index (χ0n) is 22.8. The third kappa shape index (κ3) is 2.83. The maximum Gasteiger partial charge on any atom is 0.310 e. The van der Waals surface area contributed by atoms with Gasteiger partial charge in [-0.2, -0.15) is 0 Å². The summed E-state index contributed by atoms with van der Waals surface area (Å²) in [6.07, 6.45) is 7.42. The largest absolute Gasteiger partial charge is 0.481 e. The molecule has 35 heavy (non-hydrogen) atoms. The van der Waals surface area contributed by atoms with Crippen molar-refractivity contribution in [2.24, 2.45) is 50.7 Å². The molecule has 4 saturated carbocycles. The molecule has 0 bridgehead atoms. The molecular formula is C30H46O5.